The molecule has 12 nitrogen and oxygen atoms in total. The lowest BCUT2D eigenvalue weighted by molar-refractivity contribution is 0.0792. The van der Waals surface area contributed by atoms with Crippen molar-refractivity contribution in [3.63, 3.8) is 0 Å². The number of halogens is 2. The molecule has 0 spiro atoms. The van der Waals surface area contributed by atoms with Crippen molar-refractivity contribution in [3.8, 4) is 22.5 Å². The number of benzene rings is 2. The van der Waals surface area contributed by atoms with Crippen LogP contribution in [0.25, 0.3) is 44.6 Å². The molecule has 6 aromatic rings. The maximum Gasteiger partial charge on any atom is 0.153 e. The van der Waals surface area contributed by atoms with Crippen LogP contribution in [0.3, 0.4) is 0 Å². The van der Waals surface area contributed by atoms with E-state index in [4.69, 9.17) is 11.5 Å². The van der Waals surface area contributed by atoms with E-state index in [-0.39, 0.29) is 17.7 Å². The summed E-state index contributed by atoms with van der Waals surface area (Å²) < 4.78 is 28.5. The summed E-state index contributed by atoms with van der Waals surface area (Å²) in [6.45, 7) is 5.19. The second-order valence-electron chi connectivity index (χ2n) is 14.3. The van der Waals surface area contributed by atoms with Crippen LogP contribution < -0.4 is 11.5 Å². The fourth-order valence-corrected chi connectivity index (χ4v) is 7.21. The Kier molecular flexibility index (Phi) is 11.2. The van der Waals surface area contributed by atoms with Gasteiger partial charge in [-0.15, -0.1) is 0 Å². The van der Waals surface area contributed by atoms with E-state index in [0.717, 1.165) is 68.6 Å². The Hall–Kier alpha value is -5.28. The van der Waals surface area contributed by atoms with Crippen molar-refractivity contribution >= 4 is 33.7 Å². The summed E-state index contributed by atoms with van der Waals surface area (Å²) in [5.74, 6) is 0.0722. The zero-order valence-electron chi connectivity index (χ0n) is 30.5. The number of pyridine rings is 2. The van der Waals surface area contributed by atoms with E-state index < -0.39 is 0 Å². The smallest absolute Gasteiger partial charge is 0.153 e. The fraction of sp³-hybridized carbons (Fsp3) is 0.350. The van der Waals surface area contributed by atoms with Crippen molar-refractivity contribution < 1.29 is 13.9 Å². The first-order valence-electron chi connectivity index (χ1n) is 18.2. The lowest BCUT2D eigenvalue weighted by atomic mass is 10.0. The van der Waals surface area contributed by atoms with Crippen LogP contribution >= 0.6 is 0 Å². The normalized spacial score (nSPS) is 16.2. The molecule has 2 fully saturated rings. The number of fused-ring (bicyclic) bond motifs is 2. The number of hydrogen-bond donors (Lipinski definition) is 3. The average molecular weight is 734 g/mol. The lowest BCUT2D eigenvalue weighted by Crippen LogP contribution is -2.41. The third-order valence-electron chi connectivity index (χ3n) is 10.2. The first-order valence-corrected chi connectivity index (χ1v) is 18.2. The Balaban J connectivity index is 0.000000167. The maximum atomic E-state index is 14.3. The van der Waals surface area contributed by atoms with Crippen LogP contribution in [0.2, 0.25) is 0 Å². The van der Waals surface area contributed by atoms with E-state index in [1.807, 2.05) is 36.4 Å². The van der Waals surface area contributed by atoms with Gasteiger partial charge in [0.15, 0.2) is 11.6 Å². The largest absolute Gasteiger partial charge is 0.393 e. The van der Waals surface area contributed by atoms with E-state index in [1.165, 1.54) is 24.8 Å². The molecular weight excluding hydrogens is 689 g/mol. The molecule has 0 bridgehead atoms. The molecule has 0 atom stereocenters. The molecule has 54 heavy (non-hydrogen) atoms. The summed E-state index contributed by atoms with van der Waals surface area (Å²) in [6.07, 6.45) is 6.39. The third kappa shape index (κ3) is 8.91. The Labute approximate surface area is 312 Å². The van der Waals surface area contributed by atoms with Gasteiger partial charge in [0.1, 0.15) is 35.3 Å². The summed E-state index contributed by atoms with van der Waals surface area (Å²) in [6, 6.07) is 17.9. The third-order valence-corrected chi connectivity index (χ3v) is 10.2. The van der Waals surface area contributed by atoms with Gasteiger partial charge in [0.25, 0.3) is 0 Å². The van der Waals surface area contributed by atoms with Crippen LogP contribution in [-0.2, 0) is 13.1 Å². The van der Waals surface area contributed by atoms with Crippen LogP contribution in [0.4, 0.5) is 20.4 Å². The molecular formula is C40H45F2N11O. The van der Waals surface area contributed by atoms with Crippen molar-refractivity contribution in [1.82, 2.24) is 44.6 Å². The number of nitrogens with zero attached hydrogens (tertiary/aromatic N) is 9. The van der Waals surface area contributed by atoms with Crippen molar-refractivity contribution in [2.45, 2.75) is 50.9 Å². The Morgan fingerprint density at radius 3 is 1.78 bits per heavy atom. The molecule has 5 N–H and O–H groups in total. The van der Waals surface area contributed by atoms with Gasteiger partial charge in [0.05, 0.1) is 28.5 Å². The van der Waals surface area contributed by atoms with E-state index in [1.54, 1.807) is 12.1 Å². The predicted molar refractivity (Wildman–Crippen MR) is 207 cm³/mol. The molecule has 0 radical (unpaired) electrons. The predicted octanol–water partition coefficient (Wildman–Crippen LogP) is 5.31. The average Bonchev–Trinajstić information content (AvgIpc) is 3.16. The molecule has 280 valence electrons. The fourth-order valence-electron chi connectivity index (χ4n) is 7.21. The molecule has 2 aliphatic heterocycles. The minimum atomic E-state index is -0.297. The summed E-state index contributed by atoms with van der Waals surface area (Å²) in [5.41, 5.74) is 18.7. The first-order chi connectivity index (χ1) is 26.1. The quantitative estimate of drug-likeness (QED) is 0.195. The van der Waals surface area contributed by atoms with Gasteiger partial charge in [0, 0.05) is 43.3 Å². The highest BCUT2D eigenvalue weighted by Crippen LogP contribution is 2.27. The van der Waals surface area contributed by atoms with Gasteiger partial charge in [-0.05, 0) is 125 Å². The highest BCUT2D eigenvalue weighted by molar-refractivity contribution is 5.86. The van der Waals surface area contributed by atoms with Crippen LogP contribution in [0, 0.1) is 11.6 Å². The van der Waals surface area contributed by atoms with Gasteiger partial charge < -0.3 is 21.5 Å². The van der Waals surface area contributed by atoms with E-state index >= 15 is 0 Å². The number of piperidine rings is 2. The number of hydrogen-bond acceptors (Lipinski definition) is 12. The topological polar surface area (TPSA) is 159 Å². The Bertz CT molecular complexity index is 2240. The number of anilines is 2. The number of aromatic nitrogens is 6. The molecule has 0 unspecified atom stereocenters. The lowest BCUT2D eigenvalue weighted by Gasteiger charge is -2.35. The van der Waals surface area contributed by atoms with Crippen molar-refractivity contribution in [2.75, 3.05) is 51.7 Å². The standard InChI is InChI=1S/C21H25FN6.C19H20FN5O/c1-27-7-5-17(6-8-27)28(2)12-14-9-15(11-16(22)10-14)18-3-4-19-20(26-18)21(23)25-13-24-19;20-14-8-12(10-25-5-3-15(26)4-6-25)7-13(9-14)16-1-2-17-18(24-16)19(21)23-11-22-17/h3-4,9-11,13,17H,5-8,12H2,1-2H3,(H2,23,24,25);1-2,7-9,11,15,26H,3-6,10H2,(H2,21,22,23). The van der Waals surface area contributed by atoms with Crippen LogP contribution in [0.1, 0.15) is 36.8 Å². The number of aliphatic hydroxyl groups is 1. The van der Waals surface area contributed by atoms with Gasteiger partial charge in [0.2, 0.25) is 0 Å². The minimum absolute atomic E-state index is 0.219. The number of aliphatic hydroxyl groups excluding tert-OH is 1. The number of nitrogen functional groups attached to an aromatic ring is 2. The summed E-state index contributed by atoms with van der Waals surface area (Å²) in [4.78, 5) is 32.3. The minimum Gasteiger partial charge on any atom is -0.393 e. The zero-order chi connectivity index (χ0) is 37.8. The Morgan fingerprint density at radius 1 is 0.704 bits per heavy atom. The molecule has 0 saturated carbocycles. The zero-order valence-corrected chi connectivity index (χ0v) is 30.5. The van der Waals surface area contributed by atoms with Crippen molar-refractivity contribution in [3.05, 3.63) is 96.1 Å². The van der Waals surface area contributed by atoms with Gasteiger partial charge in [-0.2, -0.15) is 0 Å². The second kappa shape index (κ2) is 16.4. The molecule has 2 aromatic carbocycles. The van der Waals surface area contributed by atoms with Crippen LogP contribution in [0.5, 0.6) is 0 Å². The molecule has 14 heteroatoms. The SMILES string of the molecule is CN1CCC(N(C)Cc2cc(F)cc(-c3ccc4ncnc(N)c4n3)c2)CC1.Nc1ncnc2ccc(-c3cc(F)cc(CN4CCC(O)CC4)c3)nc12. The second-order valence-corrected chi connectivity index (χ2v) is 14.3. The Morgan fingerprint density at radius 2 is 1.22 bits per heavy atom. The number of nitrogens with two attached hydrogens (primary N) is 2. The number of rotatable bonds is 7. The highest BCUT2D eigenvalue weighted by Gasteiger charge is 2.21. The summed E-state index contributed by atoms with van der Waals surface area (Å²) in [5, 5.41) is 9.62. The van der Waals surface area contributed by atoms with Crippen LogP contribution in [-0.4, -0.2) is 102 Å². The highest BCUT2D eigenvalue weighted by atomic mass is 19.1. The van der Waals surface area contributed by atoms with Gasteiger partial charge in [-0.3, -0.25) is 9.80 Å². The summed E-state index contributed by atoms with van der Waals surface area (Å²) >= 11 is 0. The van der Waals surface area contributed by atoms with E-state index in [9.17, 15) is 13.9 Å². The van der Waals surface area contributed by atoms with E-state index in [0.29, 0.717) is 69.8 Å². The molecule has 2 aliphatic rings. The monoisotopic (exact) mass is 733 g/mol. The molecule has 4 aromatic heterocycles. The van der Waals surface area contributed by atoms with Gasteiger partial charge >= 0.3 is 0 Å². The van der Waals surface area contributed by atoms with Gasteiger partial charge in [-0.1, -0.05) is 0 Å². The molecule has 0 aliphatic carbocycles. The number of likely N-dealkylation sites (tertiary alicyclic amines) is 2. The molecule has 6 heterocycles. The summed E-state index contributed by atoms with van der Waals surface area (Å²) in [7, 11) is 4.27. The molecule has 2 saturated heterocycles. The van der Waals surface area contributed by atoms with Crippen molar-refractivity contribution in [2.24, 2.45) is 0 Å². The van der Waals surface area contributed by atoms with Crippen molar-refractivity contribution in [1.29, 1.82) is 0 Å². The maximum absolute atomic E-state index is 14.3. The van der Waals surface area contributed by atoms with Crippen LogP contribution in [0.15, 0.2) is 73.3 Å². The molecule has 0 amide bonds. The first kappa shape index (κ1) is 37.1. The van der Waals surface area contributed by atoms with Gasteiger partial charge in [-0.25, -0.2) is 38.7 Å². The molecule has 8 rings (SSSR count). The van der Waals surface area contributed by atoms with E-state index in [2.05, 4.69) is 58.7 Å².